The van der Waals surface area contributed by atoms with E-state index in [0.29, 0.717) is 0 Å². The molecule has 0 aromatic carbocycles. The Hall–Kier alpha value is -0.650. The number of carbonyl (C=O) groups is 1. The Morgan fingerprint density at radius 1 is 1.32 bits per heavy atom. The minimum absolute atomic E-state index is 0.263. The van der Waals surface area contributed by atoms with Gasteiger partial charge in [0.25, 0.3) is 0 Å². The molecule has 0 aliphatic heterocycles. The molecule has 0 aromatic rings. The maximum Gasteiger partial charge on any atom is 0.237 e. The standard InChI is InChI=1S/C14H31N3O2/c1-5-16-14(3,13(15)18)9-7-8-10-17(6-2)11-12-19-4/h16H,5-12H2,1-4H3,(H2,15,18). The molecule has 19 heavy (non-hydrogen) atoms. The lowest BCUT2D eigenvalue weighted by atomic mass is 9.94. The van der Waals surface area contributed by atoms with Gasteiger partial charge in [-0.05, 0) is 45.8 Å². The number of carbonyl (C=O) groups excluding carboxylic acids is 1. The van der Waals surface area contributed by atoms with E-state index in [-0.39, 0.29) is 5.91 Å². The van der Waals surface area contributed by atoms with Gasteiger partial charge in [-0.15, -0.1) is 0 Å². The monoisotopic (exact) mass is 273 g/mol. The van der Waals surface area contributed by atoms with E-state index in [1.54, 1.807) is 7.11 Å². The fourth-order valence-corrected chi connectivity index (χ4v) is 2.15. The van der Waals surface area contributed by atoms with Crippen LogP contribution in [0, 0.1) is 0 Å². The van der Waals surface area contributed by atoms with Gasteiger partial charge < -0.3 is 20.7 Å². The third kappa shape index (κ3) is 7.50. The third-order valence-electron chi connectivity index (χ3n) is 3.57. The summed E-state index contributed by atoms with van der Waals surface area (Å²) < 4.78 is 5.09. The second-order valence-corrected chi connectivity index (χ2v) is 5.11. The zero-order valence-corrected chi connectivity index (χ0v) is 13.0. The Kier molecular flexibility index (Phi) is 9.83. The molecule has 1 atom stereocenters. The van der Waals surface area contributed by atoms with E-state index in [4.69, 9.17) is 10.5 Å². The van der Waals surface area contributed by atoms with Crippen molar-refractivity contribution < 1.29 is 9.53 Å². The average molecular weight is 273 g/mol. The van der Waals surface area contributed by atoms with Gasteiger partial charge in [0.15, 0.2) is 0 Å². The summed E-state index contributed by atoms with van der Waals surface area (Å²) in [4.78, 5) is 13.8. The minimum atomic E-state index is -0.571. The number of likely N-dealkylation sites (N-methyl/N-ethyl adjacent to an activating group) is 2. The molecule has 1 unspecified atom stereocenters. The first-order chi connectivity index (χ1) is 9.00. The maximum absolute atomic E-state index is 11.5. The van der Waals surface area contributed by atoms with Crippen molar-refractivity contribution in [2.75, 3.05) is 39.9 Å². The highest BCUT2D eigenvalue weighted by molar-refractivity contribution is 5.84. The van der Waals surface area contributed by atoms with Gasteiger partial charge in [0.1, 0.15) is 0 Å². The fourth-order valence-electron chi connectivity index (χ4n) is 2.15. The molecule has 1 amide bonds. The van der Waals surface area contributed by atoms with Crippen molar-refractivity contribution in [3.63, 3.8) is 0 Å². The van der Waals surface area contributed by atoms with E-state index in [1.165, 1.54) is 0 Å². The number of rotatable bonds is 12. The molecule has 0 radical (unpaired) electrons. The second kappa shape index (κ2) is 10.2. The summed E-state index contributed by atoms with van der Waals surface area (Å²) in [7, 11) is 1.72. The van der Waals surface area contributed by atoms with Crippen LogP contribution in [0.15, 0.2) is 0 Å². The van der Waals surface area contributed by atoms with E-state index >= 15 is 0 Å². The second-order valence-electron chi connectivity index (χ2n) is 5.11. The van der Waals surface area contributed by atoms with Crippen molar-refractivity contribution in [3.8, 4) is 0 Å². The fraction of sp³-hybridized carbons (Fsp3) is 0.929. The molecule has 0 aliphatic carbocycles. The lowest BCUT2D eigenvalue weighted by Crippen LogP contribution is -2.53. The number of ether oxygens (including phenoxy) is 1. The van der Waals surface area contributed by atoms with Crippen LogP contribution in [0.3, 0.4) is 0 Å². The molecule has 0 saturated heterocycles. The third-order valence-corrected chi connectivity index (χ3v) is 3.57. The highest BCUT2D eigenvalue weighted by Crippen LogP contribution is 2.13. The zero-order valence-electron chi connectivity index (χ0n) is 13.0. The van der Waals surface area contributed by atoms with Crippen LogP contribution >= 0.6 is 0 Å². The maximum atomic E-state index is 11.5. The molecular weight excluding hydrogens is 242 g/mol. The van der Waals surface area contributed by atoms with Gasteiger partial charge in [-0.1, -0.05) is 13.8 Å². The smallest absolute Gasteiger partial charge is 0.237 e. The van der Waals surface area contributed by atoms with Crippen LogP contribution in [0.4, 0.5) is 0 Å². The molecule has 0 heterocycles. The van der Waals surface area contributed by atoms with Crippen LogP contribution in [-0.4, -0.2) is 56.2 Å². The van der Waals surface area contributed by atoms with Crippen LogP contribution in [0.5, 0.6) is 0 Å². The lowest BCUT2D eigenvalue weighted by Gasteiger charge is -2.27. The molecule has 5 nitrogen and oxygen atoms in total. The number of primary amides is 1. The topological polar surface area (TPSA) is 67.6 Å². The Morgan fingerprint density at radius 2 is 2.00 bits per heavy atom. The SMILES string of the molecule is CCNC(C)(CCCCN(CC)CCOC)C(N)=O. The predicted octanol–water partition coefficient (Wildman–Crippen LogP) is 0.979. The van der Waals surface area contributed by atoms with Crippen molar-refractivity contribution in [3.05, 3.63) is 0 Å². The van der Waals surface area contributed by atoms with Crippen molar-refractivity contribution >= 4 is 5.91 Å². The van der Waals surface area contributed by atoms with Gasteiger partial charge in [-0.3, -0.25) is 4.79 Å². The van der Waals surface area contributed by atoms with Crippen molar-refractivity contribution in [2.24, 2.45) is 5.73 Å². The minimum Gasteiger partial charge on any atom is -0.383 e. The van der Waals surface area contributed by atoms with Gasteiger partial charge in [0, 0.05) is 13.7 Å². The van der Waals surface area contributed by atoms with Crippen molar-refractivity contribution in [1.29, 1.82) is 0 Å². The van der Waals surface area contributed by atoms with Crippen molar-refractivity contribution in [1.82, 2.24) is 10.2 Å². The Bertz CT molecular complexity index is 249. The summed E-state index contributed by atoms with van der Waals surface area (Å²) in [5.41, 5.74) is 4.89. The number of hydrogen-bond donors (Lipinski definition) is 2. The molecule has 0 spiro atoms. The van der Waals surface area contributed by atoms with Crippen LogP contribution in [0.1, 0.15) is 40.0 Å². The molecule has 0 aromatic heterocycles. The normalized spacial score (nSPS) is 14.6. The number of nitrogens with zero attached hydrogens (tertiary/aromatic N) is 1. The molecule has 0 saturated carbocycles. The number of amides is 1. The average Bonchev–Trinajstić information content (AvgIpc) is 2.38. The summed E-state index contributed by atoms with van der Waals surface area (Å²) >= 11 is 0. The van der Waals surface area contributed by atoms with Crippen LogP contribution in [0.25, 0.3) is 0 Å². The predicted molar refractivity (Wildman–Crippen MR) is 79.1 cm³/mol. The van der Waals surface area contributed by atoms with Gasteiger partial charge in [-0.25, -0.2) is 0 Å². The number of methoxy groups -OCH3 is 1. The van der Waals surface area contributed by atoms with Crippen LogP contribution in [0.2, 0.25) is 0 Å². The first-order valence-corrected chi connectivity index (χ1v) is 7.26. The molecule has 0 aliphatic rings. The molecule has 0 bridgehead atoms. The van der Waals surface area contributed by atoms with Gasteiger partial charge in [-0.2, -0.15) is 0 Å². The highest BCUT2D eigenvalue weighted by atomic mass is 16.5. The zero-order chi connectivity index (χ0) is 14.7. The largest absolute Gasteiger partial charge is 0.383 e. The van der Waals surface area contributed by atoms with Crippen LogP contribution < -0.4 is 11.1 Å². The van der Waals surface area contributed by atoms with E-state index < -0.39 is 5.54 Å². The quantitative estimate of drug-likeness (QED) is 0.520. The summed E-state index contributed by atoms with van der Waals surface area (Å²) in [6, 6.07) is 0. The summed E-state index contributed by atoms with van der Waals surface area (Å²) in [5.74, 6) is -0.263. The van der Waals surface area contributed by atoms with E-state index in [9.17, 15) is 4.79 Å². The molecule has 3 N–H and O–H groups in total. The number of unbranched alkanes of at least 4 members (excludes halogenated alkanes) is 1. The van der Waals surface area contributed by atoms with Crippen molar-refractivity contribution in [2.45, 2.75) is 45.6 Å². The Morgan fingerprint density at radius 3 is 2.47 bits per heavy atom. The summed E-state index contributed by atoms with van der Waals surface area (Å²) in [5, 5.41) is 3.19. The molecule has 0 fully saturated rings. The van der Waals surface area contributed by atoms with Gasteiger partial charge >= 0.3 is 0 Å². The van der Waals surface area contributed by atoms with E-state index in [1.807, 2.05) is 13.8 Å². The van der Waals surface area contributed by atoms with Gasteiger partial charge in [0.2, 0.25) is 5.91 Å². The highest BCUT2D eigenvalue weighted by Gasteiger charge is 2.28. The van der Waals surface area contributed by atoms with Gasteiger partial charge in [0.05, 0.1) is 12.1 Å². The first-order valence-electron chi connectivity index (χ1n) is 7.26. The van der Waals surface area contributed by atoms with E-state index in [0.717, 1.165) is 52.0 Å². The summed E-state index contributed by atoms with van der Waals surface area (Å²) in [6.07, 6.45) is 2.86. The first kappa shape index (κ1) is 18.4. The lowest BCUT2D eigenvalue weighted by molar-refractivity contribution is -0.124. The Labute approximate surface area is 117 Å². The number of nitrogens with two attached hydrogens (primary N) is 1. The molecular formula is C14H31N3O2. The number of hydrogen-bond acceptors (Lipinski definition) is 4. The molecule has 5 heteroatoms. The Balaban J connectivity index is 3.95. The molecule has 0 rings (SSSR count). The van der Waals surface area contributed by atoms with E-state index in [2.05, 4.69) is 17.1 Å². The molecule has 114 valence electrons. The summed E-state index contributed by atoms with van der Waals surface area (Å²) in [6.45, 7) is 10.6. The van der Waals surface area contributed by atoms with Crippen LogP contribution in [-0.2, 0) is 9.53 Å². The number of nitrogens with one attached hydrogen (secondary N) is 1.